The van der Waals surface area contributed by atoms with Gasteiger partial charge in [0.2, 0.25) is 5.88 Å². The second-order valence-electron chi connectivity index (χ2n) is 4.22. The minimum absolute atomic E-state index is 0.145. The smallest absolute Gasteiger partial charge is 0.227 e. The summed E-state index contributed by atoms with van der Waals surface area (Å²) in [5.41, 5.74) is 0.759. The molecule has 0 amide bonds. The van der Waals surface area contributed by atoms with Crippen LogP contribution in [0.25, 0.3) is 0 Å². The minimum Gasteiger partial charge on any atom is -0.439 e. The summed E-state index contributed by atoms with van der Waals surface area (Å²) >= 11 is 17.9. The van der Waals surface area contributed by atoms with Crippen LogP contribution in [0.5, 0.6) is 11.6 Å². The molecule has 6 heteroatoms. The molecular weight excluding hydrogens is 307 g/mol. The number of rotatable bonds is 3. The molecule has 0 spiro atoms. The van der Waals surface area contributed by atoms with Crippen molar-refractivity contribution in [3.63, 3.8) is 0 Å². The first kappa shape index (κ1) is 14.4. The molecule has 0 saturated heterocycles. The van der Waals surface area contributed by atoms with Gasteiger partial charge in [-0.05, 0) is 18.1 Å². The van der Waals surface area contributed by atoms with Gasteiger partial charge in [0.05, 0.1) is 15.6 Å². The zero-order chi connectivity index (χ0) is 14.0. The number of nitrogens with zero attached hydrogens (tertiary/aromatic N) is 2. The largest absolute Gasteiger partial charge is 0.439 e. The predicted octanol–water partition coefficient (Wildman–Crippen LogP) is 5.35. The first-order chi connectivity index (χ1) is 8.99. The normalized spacial score (nSPS) is 10.8. The van der Waals surface area contributed by atoms with Crippen LogP contribution in [0.2, 0.25) is 15.2 Å². The van der Waals surface area contributed by atoms with E-state index in [-0.39, 0.29) is 5.92 Å². The summed E-state index contributed by atoms with van der Waals surface area (Å²) in [6.45, 7) is 3.98. The number of ether oxygens (including phenoxy) is 1. The Morgan fingerprint density at radius 3 is 2.42 bits per heavy atom. The van der Waals surface area contributed by atoms with Crippen molar-refractivity contribution in [3.8, 4) is 11.6 Å². The molecule has 0 unspecified atom stereocenters. The zero-order valence-corrected chi connectivity index (χ0v) is 12.6. The van der Waals surface area contributed by atoms with Gasteiger partial charge in [0.25, 0.3) is 0 Å². The molecule has 0 radical (unpaired) electrons. The molecule has 0 bridgehead atoms. The lowest BCUT2D eigenvalue weighted by molar-refractivity contribution is 0.451. The van der Waals surface area contributed by atoms with Crippen LogP contribution in [-0.2, 0) is 0 Å². The Balaban J connectivity index is 2.38. The third-order valence-electron chi connectivity index (χ3n) is 2.48. The fraction of sp³-hybridized carbons (Fsp3) is 0.231. The van der Waals surface area contributed by atoms with E-state index in [1.54, 1.807) is 18.2 Å². The van der Waals surface area contributed by atoms with E-state index in [2.05, 4.69) is 9.97 Å². The van der Waals surface area contributed by atoms with E-state index in [0.29, 0.717) is 26.8 Å². The molecular formula is C13H11Cl3N2O. The maximum absolute atomic E-state index is 6.07. The number of aromatic nitrogens is 2. The van der Waals surface area contributed by atoms with E-state index < -0.39 is 0 Å². The highest BCUT2D eigenvalue weighted by atomic mass is 35.5. The van der Waals surface area contributed by atoms with Gasteiger partial charge < -0.3 is 4.74 Å². The van der Waals surface area contributed by atoms with E-state index in [0.717, 1.165) is 5.56 Å². The van der Waals surface area contributed by atoms with E-state index in [1.807, 2.05) is 13.8 Å². The van der Waals surface area contributed by atoms with Gasteiger partial charge in [0.1, 0.15) is 17.2 Å². The minimum atomic E-state index is 0.145. The average molecular weight is 318 g/mol. The molecule has 3 nitrogen and oxygen atoms in total. The van der Waals surface area contributed by atoms with E-state index in [9.17, 15) is 0 Å². The quantitative estimate of drug-likeness (QED) is 0.715. The van der Waals surface area contributed by atoms with Gasteiger partial charge >= 0.3 is 0 Å². The molecule has 2 rings (SSSR count). The van der Waals surface area contributed by atoms with Crippen LogP contribution < -0.4 is 4.74 Å². The van der Waals surface area contributed by atoms with Crippen LogP contribution in [0.1, 0.15) is 25.3 Å². The van der Waals surface area contributed by atoms with Gasteiger partial charge in [-0.2, -0.15) is 0 Å². The molecule has 0 aliphatic rings. The summed E-state index contributed by atoms with van der Waals surface area (Å²) < 4.78 is 5.71. The number of hydrogen-bond acceptors (Lipinski definition) is 3. The van der Waals surface area contributed by atoms with Crippen molar-refractivity contribution in [1.82, 2.24) is 9.97 Å². The zero-order valence-electron chi connectivity index (χ0n) is 10.3. The van der Waals surface area contributed by atoms with Crippen molar-refractivity contribution in [1.29, 1.82) is 0 Å². The first-order valence-electron chi connectivity index (χ1n) is 5.62. The van der Waals surface area contributed by atoms with Crippen molar-refractivity contribution in [2.24, 2.45) is 0 Å². The molecule has 19 heavy (non-hydrogen) atoms. The summed E-state index contributed by atoms with van der Waals surface area (Å²) in [4.78, 5) is 8.08. The average Bonchev–Trinajstić information content (AvgIpc) is 2.33. The summed E-state index contributed by atoms with van der Waals surface area (Å²) in [5, 5.41) is 1.28. The molecule has 0 saturated carbocycles. The summed E-state index contributed by atoms with van der Waals surface area (Å²) in [5.74, 6) is 1.12. The lowest BCUT2D eigenvalue weighted by atomic mass is 10.1. The summed E-state index contributed by atoms with van der Waals surface area (Å²) in [7, 11) is 0. The number of hydrogen-bond donors (Lipinski definition) is 0. The van der Waals surface area contributed by atoms with Gasteiger partial charge in [-0.15, -0.1) is 0 Å². The Morgan fingerprint density at radius 1 is 1.05 bits per heavy atom. The van der Waals surface area contributed by atoms with Gasteiger partial charge in [0.15, 0.2) is 0 Å². The summed E-state index contributed by atoms with van der Waals surface area (Å²) in [6, 6.07) is 5.01. The van der Waals surface area contributed by atoms with Crippen molar-refractivity contribution in [2.75, 3.05) is 0 Å². The van der Waals surface area contributed by atoms with E-state index in [1.165, 1.54) is 6.33 Å². The Bertz CT molecular complexity index is 602. The number of halogens is 3. The monoisotopic (exact) mass is 316 g/mol. The first-order valence-corrected chi connectivity index (χ1v) is 6.75. The van der Waals surface area contributed by atoms with E-state index in [4.69, 9.17) is 39.5 Å². The standard InChI is InChI=1S/C13H11Cl3N2O/c1-7(2)11-12(16)17-6-18-13(11)19-8-3-4-9(14)10(15)5-8/h3-7H,1-2H3. The van der Waals surface area contributed by atoms with Crippen LogP contribution >= 0.6 is 34.8 Å². The second-order valence-corrected chi connectivity index (χ2v) is 5.39. The Hall–Kier alpha value is -1.03. The van der Waals surface area contributed by atoms with Crippen molar-refractivity contribution in [3.05, 3.63) is 45.3 Å². The predicted molar refractivity (Wildman–Crippen MR) is 77.7 cm³/mol. The maximum atomic E-state index is 6.07. The molecule has 100 valence electrons. The van der Waals surface area contributed by atoms with E-state index >= 15 is 0 Å². The van der Waals surface area contributed by atoms with Crippen LogP contribution in [0.4, 0.5) is 0 Å². The highest BCUT2D eigenvalue weighted by Gasteiger charge is 2.15. The summed E-state index contributed by atoms with van der Waals surface area (Å²) in [6.07, 6.45) is 1.36. The highest BCUT2D eigenvalue weighted by molar-refractivity contribution is 6.42. The molecule has 0 atom stereocenters. The fourth-order valence-electron chi connectivity index (χ4n) is 1.58. The SMILES string of the molecule is CC(C)c1c(Cl)ncnc1Oc1ccc(Cl)c(Cl)c1. The molecule has 0 N–H and O–H groups in total. The Kier molecular flexibility index (Phi) is 4.50. The molecule has 0 aliphatic heterocycles. The van der Waals surface area contributed by atoms with Crippen molar-refractivity contribution in [2.45, 2.75) is 19.8 Å². The fourth-order valence-corrected chi connectivity index (χ4v) is 2.21. The van der Waals surface area contributed by atoms with Crippen molar-refractivity contribution >= 4 is 34.8 Å². The Morgan fingerprint density at radius 2 is 1.79 bits per heavy atom. The van der Waals surface area contributed by atoms with Crippen LogP contribution in [-0.4, -0.2) is 9.97 Å². The highest BCUT2D eigenvalue weighted by Crippen LogP contribution is 2.34. The third kappa shape index (κ3) is 3.30. The number of benzene rings is 1. The topological polar surface area (TPSA) is 35.0 Å². The maximum Gasteiger partial charge on any atom is 0.227 e. The lowest BCUT2D eigenvalue weighted by Gasteiger charge is -2.13. The van der Waals surface area contributed by atoms with Crippen LogP contribution in [0.3, 0.4) is 0 Å². The molecule has 1 aromatic carbocycles. The van der Waals surface area contributed by atoms with Gasteiger partial charge in [-0.25, -0.2) is 9.97 Å². The van der Waals surface area contributed by atoms with Crippen LogP contribution in [0.15, 0.2) is 24.5 Å². The Labute approximate surface area is 126 Å². The molecule has 2 aromatic rings. The van der Waals surface area contributed by atoms with Crippen molar-refractivity contribution < 1.29 is 4.74 Å². The molecule has 0 aliphatic carbocycles. The third-order valence-corrected chi connectivity index (χ3v) is 3.52. The second kappa shape index (κ2) is 5.95. The molecule has 1 heterocycles. The van der Waals surface area contributed by atoms with Gasteiger partial charge in [-0.1, -0.05) is 48.7 Å². The lowest BCUT2D eigenvalue weighted by Crippen LogP contribution is -1.99. The van der Waals surface area contributed by atoms with Gasteiger partial charge in [-0.3, -0.25) is 0 Å². The van der Waals surface area contributed by atoms with Crippen LogP contribution in [0, 0.1) is 0 Å². The van der Waals surface area contributed by atoms with Gasteiger partial charge in [0, 0.05) is 6.07 Å². The molecule has 0 fully saturated rings. The molecule has 1 aromatic heterocycles.